The smallest absolute Gasteiger partial charge is 0.246 e. The summed E-state index contributed by atoms with van der Waals surface area (Å²) < 4.78 is 27.4. The normalized spacial score (nSPS) is 18.7. The minimum atomic E-state index is -3.47. The molecule has 0 bridgehead atoms. The molecule has 7 nitrogen and oxygen atoms in total. The molecule has 0 aliphatic carbocycles. The first kappa shape index (κ1) is 26.4. The number of nitrogens with zero attached hydrogens (tertiary/aromatic N) is 2. The lowest BCUT2D eigenvalue weighted by Crippen LogP contribution is -2.42. The largest absolute Gasteiger partial charge is 0.356 e. The molecule has 2 aliphatic rings. The molecule has 1 aromatic carbocycles. The Morgan fingerprint density at radius 1 is 0.971 bits per heavy atom. The Kier molecular flexibility index (Phi) is 10.1. The highest BCUT2D eigenvalue weighted by molar-refractivity contribution is 7.89. The van der Waals surface area contributed by atoms with Crippen molar-refractivity contribution in [2.75, 3.05) is 32.7 Å². The van der Waals surface area contributed by atoms with Gasteiger partial charge in [-0.25, -0.2) is 8.42 Å². The first-order chi connectivity index (χ1) is 16.4. The van der Waals surface area contributed by atoms with Crippen molar-refractivity contribution in [2.45, 2.75) is 69.6 Å². The van der Waals surface area contributed by atoms with E-state index in [4.69, 9.17) is 0 Å². The molecule has 0 saturated carbocycles. The average molecular weight is 490 g/mol. The van der Waals surface area contributed by atoms with Gasteiger partial charge in [-0.3, -0.25) is 9.59 Å². The molecule has 0 aromatic heterocycles. The van der Waals surface area contributed by atoms with Crippen molar-refractivity contribution >= 4 is 27.9 Å². The van der Waals surface area contributed by atoms with Crippen molar-refractivity contribution in [1.82, 2.24) is 14.5 Å². The maximum absolute atomic E-state index is 12.9. The molecule has 0 atom stereocenters. The summed E-state index contributed by atoms with van der Waals surface area (Å²) in [5.41, 5.74) is 0.782. The molecule has 2 heterocycles. The number of piperidine rings is 1. The van der Waals surface area contributed by atoms with Crippen LogP contribution in [0.4, 0.5) is 0 Å². The molecular weight excluding hydrogens is 450 g/mol. The van der Waals surface area contributed by atoms with Crippen molar-refractivity contribution < 1.29 is 18.0 Å². The molecule has 1 aromatic rings. The van der Waals surface area contributed by atoms with E-state index in [1.807, 2.05) is 0 Å². The fourth-order valence-corrected chi connectivity index (χ4v) is 6.06. The SMILES string of the molecule is CCCCCNC(=O)C1CCN(C(=O)/C=C/c2ccc(S(=O)(=O)N3CCCCCC3)cc2)CC1. The van der Waals surface area contributed by atoms with E-state index >= 15 is 0 Å². The fraction of sp³-hybridized carbons (Fsp3) is 0.615. The topological polar surface area (TPSA) is 86.8 Å². The Hall–Kier alpha value is -2.19. The summed E-state index contributed by atoms with van der Waals surface area (Å²) in [6.07, 6.45) is 11.8. The molecule has 3 rings (SSSR count). The zero-order valence-electron chi connectivity index (χ0n) is 20.4. The summed E-state index contributed by atoms with van der Waals surface area (Å²) >= 11 is 0. The summed E-state index contributed by atoms with van der Waals surface area (Å²) in [6.45, 7) is 5.17. The molecule has 0 radical (unpaired) electrons. The van der Waals surface area contributed by atoms with E-state index < -0.39 is 10.0 Å². The maximum Gasteiger partial charge on any atom is 0.246 e. The molecule has 34 heavy (non-hydrogen) atoms. The van der Waals surface area contributed by atoms with Gasteiger partial charge in [0.2, 0.25) is 21.8 Å². The van der Waals surface area contributed by atoms with Crippen molar-refractivity contribution in [2.24, 2.45) is 5.92 Å². The van der Waals surface area contributed by atoms with E-state index in [1.165, 1.54) is 6.08 Å². The monoisotopic (exact) mass is 489 g/mol. The van der Waals surface area contributed by atoms with Crippen LogP contribution in [0, 0.1) is 5.92 Å². The lowest BCUT2D eigenvalue weighted by atomic mass is 9.95. The van der Waals surface area contributed by atoms with Crippen LogP contribution in [0.15, 0.2) is 35.2 Å². The lowest BCUT2D eigenvalue weighted by Gasteiger charge is -2.30. The van der Waals surface area contributed by atoms with Crippen molar-refractivity contribution in [1.29, 1.82) is 0 Å². The first-order valence-electron chi connectivity index (χ1n) is 12.8. The van der Waals surface area contributed by atoms with Crippen LogP contribution in [0.3, 0.4) is 0 Å². The van der Waals surface area contributed by atoms with Gasteiger partial charge >= 0.3 is 0 Å². The number of carbonyl (C=O) groups excluding carboxylic acids is 2. The number of nitrogens with one attached hydrogen (secondary N) is 1. The zero-order chi connectivity index (χ0) is 24.4. The van der Waals surface area contributed by atoms with Crippen molar-refractivity contribution in [3.05, 3.63) is 35.9 Å². The number of hydrogen-bond acceptors (Lipinski definition) is 4. The number of carbonyl (C=O) groups is 2. The Bertz CT molecular complexity index is 927. The molecule has 0 spiro atoms. The number of rotatable bonds is 9. The van der Waals surface area contributed by atoms with E-state index in [1.54, 1.807) is 39.5 Å². The molecule has 8 heteroatoms. The van der Waals surface area contributed by atoms with Gasteiger partial charge in [0.15, 0.2) is 0 Å². The minimum Gasteiger partial charge on any atom is -0.356 e. The van der Waals surface area contributed by atoms with Crippen LogP contribution in [-0.4, -0.2) is 62.2 Å². The Morgan fingerprint density at radius 3 is 2.24 bits per heavy atom. The standard InChI is InChI=1S/C26H39N3O4S/c1-2-3-6-17-27-26(31)23-15-20-28(21-16-23)25(30)14-11-22-9-12-24(13-10-22)34(32,33)29-18-7-4-5-8-19-29/h9-14,23H,2-8,15-21H2,1H3,(H,27,31)/b14-11+. The van der Waals surface area contributed by atoms with Crippen molar-refractivity contribution in [3.8, 4) is 0 Å². The maximum atomic E-state index is 12.9. The third kappa shape index (κ3) is 7.40. The second-order valence-electron chi connectivity index (χ2n) is 9.32. The van der Waals surface area contributed by atoms with Gasteiger partial charge in [0, 0.05) is 44.7 Å². The highest BCUT2D eigenvalue weighted by atomic mass is 32.2. The number of benzene rings is 1. The summed E-state index contributed by atoms with van der Waals surface area (Å²) in [7, 11) is -3.47. The second kappa shape index (κ2) is 13.0. The molecule has 188 valence electrons. The highest BCUT2D eigenvalue weighted by Gasteiger charge is 2.27. The number of hydrogen-bond donors (Lipinski definition) is 1. The average Bonchev–Trinajstić information content (AvgIpc) is 3.16. The van der Waals surface area contributed by atoms with Crippen LogP contribution >= 0.6 is 0 Å². The zero-order valence-corrected chi connectivity index (χ0v) is 21.2. The molecule has 2 fully saturated rings. The molecule has 2 saturated heterocycles. The second-order valence-corrected chi connectivity index (χ2v) is 11.3. The van der Waals surface area contributed by atoms with E-state index in [0.717, 1.165) is 57.1 Å². The molecule has 0 unspecified atom stereocenters. The van der Waals surface area contributed by atoms with Gasteiger partial charge < -0.3 is 10.2 Å². The predicted octanol–water partition coefficient (Wildman–Crippen LogP) is 3.81. The molecular formula is C26H39N3O4S. The van der Waals surface area contributed by atoms with Gasteiger partial charge in [0.25, 0.3) is 0 Å². The third-order valence-corrected chi connectivity index (χ3v) is 8.67. The van der Waals surface area contributed by atoms with Crippen LogP contribution in [-0.2, 0) is 19.6 Å². The minimum absolute atomic E-state index is 0.0200. The molecule has 2 aliphatic heterocycles. The van der Waals surface area contributed by atoms with E-state index in [0.29, 0.717) is 43.9 Å². The van der Waals surface area contributed by atoms with Crippen LogP contribution in [0.5, 0.6) is 0 Å². The first-order valence-corrected chi connectivity index (χ1v) is 14.2. The summed E-state index contributed by atoms with van der Waals surface area (Å²) in [6, 6.07) is 6.72. The number of sulfonamides is 1. The van der Waals surface area contributed by atoms with Gasteiger partial charge in [0.1, 0.15) is 0 Å². The van der Waals surface area contributed by atoms with E-state index in [9.17, 15) is 18.0 Å². The Balaban J connectivity index is 1.48. The van der Waals surface area contributed by atoms with E-state index in [-0.39, 0.29) is 17.7 Å². The summed E-state index contributed by atoms with van der Waals surface area (Å²) in [5, 5.41) is 3.01. The summed E-state index contributed by atoms with van der Waals surface area (Å²) in [4.78, 5) is 27.0. The molecule has 1 N–H and O–H groups in total. The predicted molar refractivity (Wildman–Crippen MR) is 135 cm³/mol. The van der Waals surface area contributed by atoms with Crippen molar-refractivity contribution in [3.63, 3.8) is 0 Å². The van der Waals surface area contributed by atoms with Gasteiger partial charge in [-0.15, -0.1) is 0 Å². The number of unbranched alkanes of at least 4 members (excludes halogenated alkanes) is 2. The van der Waals surface area contributed by atoms with Crippen LogP contribution < -0.4 is 5.32 Å². The fourth-order valence-electron chi connectivity index (χ4n) is 4.55. The molecule has 2 amide bonds. The summed E-state index contributed by atoms with van der Waals surface area (Å²) in [5.74, 6) is 0.00498. The number of likely N-dealkylation sites (tertiary alicyclic amines) is 1. The Labute approximate surface area is 204 Å². The Morgan fingerprint density at radius 2 is 1.62 bits per heavy atom. The van der Waals surface area contributed by atoms with Crippen LogP contribution in [0.2, 0.25) is 0 Å². The van der Waals surface area contributed by atoms with Crippen LogP contribution in [0.25, 0.3) is 6.08 Å². The van der Waals surface area contributed by atoms with Gasteiger partial charge in [-0.2, -0.15) is 4.31 Å². The van der Waals surface area contributed by atoms with Gasteiger partial charge in [0.05, 0.1) is 4.90 Å². The van der Waals surface area contributed by atoms with Crippen LogP contribution in [0.1, 0.15) is 70.3 Å². The van der Waals surface area contributed by atoms with Gasteiger partial charge in [-0.1, -0.05) is 44.7 Å². The van der Waals surface area contributed by atoms with E-state index in [2.05, 4.69) is 12.2 Å². The quantitative estimate of drug-likeness (QED) is 0.422. The number of amides is 2. The lowest BCUT2D eigenvalue weighted by molar-refractivity contribution is -0.132. The highest BCUT2D eigenvalue weighted by Crippen LogP contribution is 2.21. The third-order valence-electron chi connectivity index (χ3n) is 6.76. The van der Waals surface area contributed by atoms with Gasteiger partial charge in [-0.05, 0) is 55.9 Å².